The smallest absolute Gasteiger partial charge is 0.250 e. The summed E-state index contributed by atoms with van der Waals surface area (Å²) < 4.78 is 27.4. The molecule has 6 heteroatoms. The van der Waals surface area contributed by atoms with Crippen LogP contribution in [0.1, 0.15) is 39.2 Å². The van der Waals surface area contributed by atoms with Gasteiger partial charge >= 0.3 is 0 Å². The number of thiophene rings is 1. The molecule has 0 spiro atoms. The number of nitrogens with two attached hydrogens (primary N) is 1. The van der Waals surface area contributed by atoms with E-state index in [-0.39, 0.29) is 5.54 Å². The van der Waals surface area contributed by atoms with Gasteiger partial charge in [0.05, 0.1) is 0 Å². The molecule has 1 rings (SSSR count). The summed E-state index contributed by atoms with van der Waals surface area (Å²) in [6.45, 7) is 6.24. The molecule has 0 saturated carbocycles. The van der Waals surface area contributed by atoms with E-state index in [1.807, 2.05) is 20.8 Å². The topological polar surface area (TPSA) is 72.2 Å². The summed E-state index contributed by atoms with van der Waals surface area (Å²) in [6, 6.07) is 1.64. The van der Waals surface area contributed by atoms with Crippen LogP contribution < -0.4 is 10.5 Å². The summed E-state index contributed by atoms with van der Waals surface area (Å²) in [7, 11) is -3.42. The molecule has 0 atom stereocenters. The highest BCUT2D eigenvalue weighted by Gasteiger charge is 2.28. The maximum atomic E-state index is 12.2. The lowest BCUT2D eigenvalue weighted by Crippen LogP contribution is -2.44. The van der Waals surface area contributed by atoms with Crippen molar-refractivity contribution in [1.29, 1.82) is 0 Å². The molecule has 98 valence electrons. The maximum Gasteiger partial charge on any atom is 0.250 e. The third kappa shape index (κ3) is 3.51. The van der Waals surface area contributed by atoms with E-state index < -0.39 is 10.0 Å². The third-order valence-corrected chi connectivity index (χ3v) is 6.20. The normalized spacial score (nSPS) is 12.9. The molecule has 0 aliphatic heterocycles. The summed E-state index contributed by atoms with van der Waals surface area (Å²) in [5.74, 6) is 0. The molecule has 3 N–H and O–H groups in total. The Bertz CT molecular complexity index is 462. The van der Waals surface area contributed by atoms with E-state index in [1.165, 1.54) is 11.3 Å². The monoisotopic (exact) mass is 276 g/mol. The van der Waals surface area contributed by atoms with Gasteiger partial charge in [0.1, 0.15) is 4.21 Å². The van der Waals surface area contributed by atoms with Crippen molar-refractivity contribution in [3.8, 4) is 0 Å². The Labute approximate surface area is 107 Å². The van der Waals surface area contributed by atoms with Gasteiger partial charge in [-0.2, -0.15) is 0 Å². The minimum atomic E-state index is -3.42. The average molecular weight is 276 g/mol. The number of nitrogens with one attached hydrogen (secondary N) is 1. The Morgan fingerprint density at radius 2 is 2.00 bits per heavy atom. The van der Waals surface area contributed by atoms with E-state index in [9.17, 15) is 8.42 Å². The standard InChI is InChI=1S/C11H20N2O2S2/c1-4-11(3,5-2)13-17(14,15)10-6-9(7-12)8-16-10/h6,8,13H,4-5,7,12H2,1-3H3. The Kier molecular flexibility index (Phi) is 4.71. The van der Waals surface area contributed by atoms with Crippen LogP contribution in [0.3, 0.4) is 0 Å². The fourth-order valence-corrected chi connectivity index (χ4v) is 4.14. The van der Waals surface area contributed by atoms with Crippen LogP contribution in [0.5, 0.6) is 0 Å². The van der Waals surface area contributed by atoms with E-state index in [4.69, 9.17) is 5.73 Å². The molecule has 0 saturated heterocycles. The van der Waals surface area contributed by atoms with Crippen molar-refractivity contribution in [3.05, 3.63) is 17.0 Å². The van der Waals surface area contributed by atoms with E-state index in [2.05, 4.69) is 4.72 Å². The molecule has 1 aromatic rings. The van der Waals surface area contributed by atoms with Crippen LogP contribution in [0.25, 0.3) is 0 Å². The molecule has 0 amide bonds. The molecule has 0 aliphatic carbocycles. The molecular weight excluding hydrogens is 256 g/mol. The van der Waals surface area contributed by atoms with Crippen LogP contribution >= 0.6 is 11.3 Å². The highest BCUT2D eigenvalue weighted by Crippen LogP contribution is 2.23. The Balaban J connectivity index is 2.96. The number of sulfonamides is 1. The summed E-state index contributed by atoms with van der Waals surface area (Å²) in [6.07, 6.45) is 1.52. The lowest BCUT2D eigenvalue weighted by molar-refractivity contribution is 0.389. The van der Waals surface area contributed by atoms with Crippen molar-refractivity contribution in [2.75, 3.05) is 0 Å². The highest BCUT2D eigenvalue weighted by molar-refractivity contribution is 7.91. The summed E-state index contributed by atoms with van der Waals surface area (Å²) >= 11 is 1.21. The number of hydrogen-bond donors (Lipinski definition) is 2. The van der Waals surface area contributed by atoms with Crippen molar-refractivity contribution < 1.29 is 8.42 Å². The van der Waals surface area contributed by atoms with Crippen molar-refractivity contribution in [1.82, 2.24) is 4.72 Å². The first kappa shape index (κ1) is 14.6. The second-order valence-electron chi connectivity index (χ2n) is 4.35. The van der Waals surface area contributed by atoms with Gasteiger partial charge in [0.25, 0.3) is 10.0 Å². The minimum absolute atomic E-state index is 0.339. The van der Waals surface area contributed by atoms with Crippen molar-refractivity contribution in [3.63, 3.8) is 0 Å². The second kappa shape index (κ2) is 5.48. The maximum absolute atomic E-state index is 12.2. The van der Waals surface area contributed by atoms with E-state index in [0.717, 1.165) is 18.4 Å². The first-order valence-electron chi connectivity index (χ1n) is 5.68. The molecule has 1 aromatic heterocycles. The van der Waals surface area contributed by atoms with Gasteiger partial charge in [0.2, 0.25) is 0 Å². The quantitative estimate of drug-likeness (QED) is 0.835. The summed E-state index contributed by atoms with van der Waals surface area (Å²) in [4.78, 5) is 0. The van der Waals surface area contributed by atoms with Crippen LogP contribution in [0, 0.1) is 0 Å². The predicted molar refractivity (Wildman–Crippen MR) is 71.5 cm³/mol. The van der Waals surface area contributed by atoms with Crippen LogP contribution in [0.2, 0.25) is 0 Å². The zero-order chi connectivity index (χ0) is 13.1. The molecule has 0 unspecified atom stereocenters. The summed E-state index contributed by atoms with van der Waals surface area (Å²) in [5.41, 5.74) is 5.95. The molecule has 0 fully saturated rings. The Hall–Kier alpha value is -0.430. The van der Waals surface area contributed by atoms with Gasteiger partial charge in [-0.25, -0.2) is 13.1 Å². The van der Waals surface area contributed by atoms with Gasteiger partial charge in [-0.3, -0.25) is 0 Å². The molecule has 0 radical (unpaired) electrons. The molecule has 17 heavy (non-hydrogen) atoms. The number of rotatable bonds is 6. The van der Waals surface area contributed by atoms with E-state index in [0.29, 0.717) is 10.8 Å². The highest BCUT2D eigenvalue weighted by atomic mass is 32.2. The minimum Gasteiger partial charge on any atom is -0.326 e. The van der Waals surface area contributed by atoms with Crippen LogP contribution in [-0.4, -0.2) is 14.0 Å². The second-order valence-corrected chi connectivity index (χ2v) is 7.17. The fourth-order valence-electron chi connectivity index (χ4n) is 1.37. The molecule has 0 bridgehead atoms. The third-order valence-electron chi connectivity index (χ3n) is 3.07. The summed E-state index contributed by atoms with van der Waals surface area (Å²) in [5, 5.41) is 1.78. The molecule has 0 aromatic carbocycles. The first-order chi connectivity index (χ1) is 7.87. The zero-order valence-corrected chi connectivity index (χ0v) is 12.1. The zero-order valence-electron chi connectivity index (χ0n) is 10.5. The molecular formula is C11H20N2O2S2. The van der Waals surface area contributed by atoms with Gasteiger partial charge in [-0.05, 0) is 36.8 Å². The fraction of sp³-hybridized carbons (Fsp3) is 0.636. The SMILES string of the molecule is CCC(C)(CC)NS(=O)(=O)c1cc(CN)cs1. The molecule has 1 heterocycles. The van der Waals surface area contributed by atoms with Crippen molar-refractivity contribution in [2.45, 2.75) is 49.9 Å². The molecule has 0 aliphatic rings. The van der Waals surface area contributed by atoms with E-state index in [1.54, 1.807) is 11.4 Å². The first-order valence-corrected chi connectivity index (χ1v) is 8.04. The van der Waals surface area contributed by atoms with Crippen LogP contribution in [0.4, 0.5) is 0 Å². The van der Waals surface area contributed by atoms with Gasteiger partial charge in [-0.15, -0.1) is 11.3 Å². The Morgan fingerprint density at radius 3 is 2.41 bits per heavy atom. The van der Waals surface area contributed by atoms with Gasteiger partial charge in [-0.1, -0.05) is 13.8 Å². The lowest BCUT2D eigenvalue weighted by atomic mass is 9.98. The largest absolute Gasteiger partial charge is 0.326 e. The predicted octanol–water partition coefficient (Wildman–Crippen LogP) is 2.06. The average Bonchev–Trinajstić information content (AvgIpc) is 2.77. The van der Waals surface area contributed by atoms with Gasteiger partial charge in [0, 0.05) is 12.1 Å². The van der Waals surface area contributed by atoms with Crippen molar-refractivity contribution >= 4 is 21.4 Å². The van der Waals surface area contributed by atoms with Gasteiger partial charge in [0.15, 0.2) is 0 Å². The van der Waals surface area contributed by atoms with E-state index >= 15 is 0 Å². The van der Waals surface area contributed by atoms with Gasteiger partial charge < -0.3 is 5.73 Å². The Morgan fingerprint density at radius 1 is 1.41 bits per heavy atom. The number of hydrogen-bond acceptors (Lipinski definition) is 4. The van der Waals surface area contributed by atoms with Crippen LogP contribution in [0.15, 0.2) is 15.7 Å². The molecule has 4 nitrogen and oxygen atoms in total. The van der Waals surface area contributed by atoms with Crippen molar-refractivity contribution in [2.24, 2.45) is 5.73 Å². The lowest BCUT2D eigenvalue weighted by Gasteiger charge is -2.27. The van der Waals surface area contributed by atoms with Crippen LogP contribution in [-0.2, 0) is 16.6 Å².